The van der Waals surface area contributed by atoms with Crippen LogP contribution in [0.3, 0.4) is 0 Å². The summed E-state index contributed by atoms with van der Waals surface area (Å²) in [5.41, 5.74) is 1.31. The van der Waals surface area contributed by atoms with Crippen LogP contribution in [0.15, 0.2) is 18.2 Å². The number of nitrogens with zero attached hydrogens (tertiary/aromatic N) is 4. The SMILES string of the molecule is COC(=O)C(CCC(=O)NCC(O)C(O)C(O)CCO)N1CCN(C)CCN([C@H](CCC(=O)NCCCCC(O)CO)C(=O)OC)Cc2cccc(n2)C1. The third-order valence-electron chi connectivity index (χ3n) is 9.47. The van der Waals surface area contributed by atoms with Crippen LogP contribution < -0.4 is 10.6 Å². The van der Waals surface area contributed by atoms with Crippen molar-refractivity contribution in [3.05, 3.63) is 29.6 Å². The minimum absolute atomic E-state index is 0.0860. The van der Waals surface area contributed by atoms with Crippen molar-refractivity contribution in [3.8, 4) is 0 Å². The fraction of sp³-hybridized carbons (Fsp3) is 0.750. The van der Waals surface area contributed by atoms with Gasteiger partial charge < -0.3 is 55.6 Å². The number of hydrogen-bond donors (Lipinski definition) is 8. The van der Waals surface area contributed by atoms with Gasteiger partial charge in [-0.1, -0.05) is 6.07 Å². The van der Waals surface area contributed by atoms with E-state index in [0.29, 0.717) is 63.4 Å². The molecule has 1 aliphatic heterocycles. The number of carbonyl (C=O) groups excluding carboxylic acids is 4. The molecule has 0 fully saturated rings. The molecule has 1 aromatic heterocycles. The second-order valence-electron chi connectivity index (χ2n) is 13.6. The molecule has 5 unspecified atom stereocenters. The monoisotopic (exact) mass is 770 g/mol. The average Bonchev–Trinajstić information content (AvgIpc) is 3.16. The van der Waals surface area contributed by atoms with Gasteiger partial charge in [0, 0.05) is 71.8 Å². The Morgan fingerprint density at radius 3 is 1.80 bits per heavy atom. The fourth-order valence-electron chi connectivity index (χ4n) is 6.13. The first kappa shape index (κ1) is 46.8. The molecule has 18 heteroatoms. The van der Waals surface area contributed by atoms with Crippen molar-refractivity contribution in [2.75, 3.05) is 73.7 Å². The molecule has 1 aromatic rings. The number of aromatic nitrogens is 1. The number of aliphatic hydroxyl groups is 6. The van der Waals surface area contributed by atoms with Crippen LogP contribution in [-0.2, 0) is 41.7 Å². The van der Waals surface area contributed by atoms with Gasteiger partial charge in [0.15, 0.2) is 0 Å². The number of carbonyl (C=O) groups is 4. The smallest absolute Gasteiger partial charge is 0.323 e. The van der Waals surface area contributed by atoms with E-state index in [-0.39, 0.29) is 70.9 Å². The Balaban J connectivity index is 2.14. The van der Waals surface area contributed by atoms with Gasteiger partial charge >= 0.3 is 11.9 Å². The lowest BCUT2D eigenvalue weighted by atomic mass is 10.1. The first-order valence-electron chi connectivity index (χ1n) is 18.6. The molecule has 0 radical (unpaired) electrons. The van der Waals surface area contributed by atoms with E-state index >= 15 is 0 Å². The van der Waals surface area contributed by atoms with Crippen LogP contribution in [0, 0.1) is 0 Å². The Hall–Kier alpha value is -3.33. The number of rotatable bonds is 22. The topological polar surface area (TPSA) is 255 Å². The number of likely N-dealkylation sites (N-methyl/N-ethyl adjacent to an activating group) is 1. The summed E-state index contributed by atoms with van der Waals surface area (Å²) < 4.78 is 10.3. The Bertz CT molecular complexity index is 1280. The van der Waals surface area contributed by atoms with Crippen molar-refractivity contribution in [2.45, 2.75) is 101 Å². The first-order chi connectivity index (χ1) is 25.8. The zero-order chi connectivity index (χ0) is 40.0. The molecule has 54 heavy (non-hydrogen) atoms. The number of fused-ring (bicyclic) bond motifs is 2. The van der Waals surface area contributed by atoms with Crippen molar-refractivity contribution in [2.24, 2.45) is 0 Å². The lowest BCUT2D eigenvalue weighted by molar-refractivity contribution is -0.148. The molecule has 2 amide bonds. The van der Waals surface area contributed by atoms with E-state index in [0.717, 1.165) is 0 Å². The molecule has 0 saturated carbocycles. The minimum Gasteiger partial charge on any atom is -0.468 e. The van der Waals surface area contributed by atoms with E-state index in [1.54, 1.807) is 0 Å². The number of unbranched alkanes of at least 4 members (excludes halogenated alkanes) is 1. The van der Waals surface area contributed by atoms with Gasteiger partial charge in [-0.25, -0.2) is 0 Å². The highest BCUT2D eigenvalue weighted by molar-refractivity contribution is 5.80. The quantitative estimate of drug-likeness (QED) is 0.0448. The van der Waals surface area contributed by atoms with Crippen molar-refractivity contribution >= 4 is 23.8 Å². The van der Waals surface area contributed by atoms with Crippen LogP contribution >= 0.6 is 0 Å². The van der Waals surface area contributed by atoms with Crippen molar-refractivity contribution in [1.29, 1.82) is 0 Å². The van der Waals surface area contributed by atoms with Crippen LogP contribution in [0.5, 0.6) is 0 Å². The van der Waals surface area contributed by atoms with Crippen molar-refractivity contribution in [3.63, 3.8) is 0 Å². The molecule has 0 aromatic carbocycles. The van der Waals surface area contributed by atoms with Crippen molar-refractivity contribution in [1.82, 2.24) is 30.3 Å². The third kappa shape index (κ3) is 17.0. The predicted molar refractivity (Wildman–Crippen MR) is 195 cm³/mol. The normalized spacial score (nSPS) is 18.2. The van der Waals surface area contributed by atoms with E-state index in [1.165, 1.54) is 14.2 Å². The molecule has 0 saturated heterocycles. The molecule has 6 atom stereocenters. The number of ether oxygens (including phenoxy) is 2. The van der Waals surface area contributed by atoms with E-state index in [2.05, 4.69) is 15.5 Å². The Labute approximate surface area is 317 Å². The molecule has 0 aliphatic carbocycles. The van der Waals surface area contributed by atoms with Gasteiger partial charge in [-0.05, 0) is 57.7 Å². The zero-order valence-corrected chi connectivity index (χ0v) is 31.8. The van der Waals surface area contributed by atoms with E-state index in [9.17, 15) is 39.6 Å². The van der Waals surface area contributed by atoms with Crippen LogP contribution in [-0.4, -0.2) is 184 Å². The number of methoxy groups -OCH3 is 2. The molecular formula is C36H62N6O12. The largest absolute Gasteiger partial charge is 0.468 e. The predicted octanol–water partition coefficient (Wildman–Crippen LogP) is -2.50. The molecule has 2 heterocycles. The maximum atomic E-state index is 13.1. The standard InChI is InChI=1S/C36H62N6O12/c1-40-16-18-41(28(35(51)53-2)10-12-32(48)37-15-5-4-9-27(45)24-44)22-25-7-6-8-26(39-25)23-42(19-17-40)29(36(52)54-3)11-13-33(49)38-21-31(47)34(50)30(46)14-20-43/h6-8,27-31,34,43-47,50H,4-5,9-24H2,1-3H3,(H,37,48)(H,38,49)/t27?,28-,29?,30?,31?,34?/m1/s1. The highest BCUT2D eigenvalue weighted by Crippen LogP contribution is 2.18. The number of nitrogens with one attached hydrogen (secondary N) is 2. The van der Waals surface area contributed by atoms with Crippen LogP contribution in [0.1, 0.15) is 62.8 Å². The van der Waals surface area contributed by atoms with Gasteiger partial charge in [-0.2, -0.15) is 0 Å². The van der Waals surface area contributed by atoms with Gasteiger partial charge in [0.2, 0.25) is 11.8 Å². The number of hydrogen-bond acceptors (Lipinski definition) is 16. The fourth-order valence-corrected chi connectivity index (χ4v) is 6.13. The lowest BCUT2D eigenvalue weighted by Gasteiger charge is -2.34. The summed E-state index contributed by atoms with van der Waals surface area (Å²) >= 11 is 0. The van der Waals surface area contributed by atoms with Crippen LogP contribution in [0.25, 0.3) is 0 Å². The molecule has 8 N–H and O–H groups in total. The molecule has 308 valence electrons. The summed E-state index contributed by atoms with van der Waals surface area (Å²) in [7, 11) is 4.50. The first-order valence-corrected chi connectivity index (χ1v) is 18.6. The average molecular weight is 771 g/mol. The van der Waals surface area contributed by atoms with Gasteiger partial charge in [0.1, 0.15) is 18.2 Å². The maximum absolute atomic E-state index is 13.1. The Morgan fingerprint density at radius 2 is 1.30 bits per heavy atom. The summed E-state index contributed by atoms with van der Waals surface area (Å²) in [5.74, 6) is -1.69. The van der Waals surface area contributed by atoms with Crippen LogP contribution in [0.4, 0.5) is 0 Å². The highest BCUT2D eigenvalue weighted by atomic mass is 16.5. The third-order valence-corrected chi connectivity index (χ3v) is 9.47. The number of esters is 2. The summed E-state index contributed by atoms with van der Waals surface area (Å²) in [6, 6.07) is 3.96. The zero-order valence-electron chi connectivity index (χ0n) is 31.8. The van der Waals surface area contributed by atoms with E-state index < -0.39 is 54.3 Å². The molecular weight excluding hydrogens is 708 g/mol. The minimum atomic E-state index is -1.56. The van der Waals surface area contributed by atoms with Gasteiger partial charge in [0.25, 0.3) is 0 Å². The van der Waals surface area contributed by atoms with Gasteiger partial charge in [-0.3, -0.25) is 34.0 Å². The summed E-state index contributed by atoms with van der Waals surface area (Å²) in [5, 5.41) is 62.7. The molecule has 2 bridgehead atoms. The van der Waals surface area contributed by atoms with E-state index in [1.807, 2.05) is 35.0 Å². The Kier molecular flexibility index (Phi) is 22.3. The molecule has 0 spiro atoms. The summed E-state index contributed by atoms with van der Waals surface area (Å²) in [4.78, 5) is 62.3. The van der Waals surface area contributed by atoms with Gasteiger partial charge in [0.05, 0.1) is 50.5 Å². The van der Waals surface area contributed by atoms with Crippen molar-refractivity contribution < 1.29 is 59.3 Å². The highest BCUT2D eigenvalue weighted by Gasteiger charge is 2.31. The summed E-state index contributed by atoms with van der Waals surface area (Å²) in [6.07, 6.45) is -3.24. The molecule has 1 aliphatic rings. The molecule has 18 nitrogen and oxygen atoms in total. The number of amides is 2. The Morgan fingerprint density at radius 1 is 0.759 bits per heavy atom. The molecule has 2 rings (SSSR count). The number of pyridine rings is 1. The van der Waals surface area contributed by atoms with Crippen LogP contribution in [0.2, 0.25) is 0 Å². The lowest BCUT2D eigenvalue weighted by Crippen LogP contribution is -2.48. The summed E-state index contributed by atoms with van der Waals surface area (Å²) in [6.45, 7) is 1.81. The maximum Gasteiger partial charge on any atom is 0.323 e. The second kappa shape index (κ2) is 25.7. The van der Waals surface area contributed by atoms with Gasteiger partial charge in [-0.15, -0.1) is 0 Å². The second-order valence-corrected chi connectivity index (χ2v) is 13.6. The van der Waals surface area contributed by atoms with E-state index in [4.69, 9.17) is 24.7 Å². The number of aliphatic hydroxyl groups excluding tert-OH is 6.